The number of hydrogen-bond acceptors (Lipinski definition) is 9. The number of thiol groups is 1. The van der Waals surface area contributed by atoms with Crippen LogP contribution in [0.2, 0.25) is 0 Å². The molecule has 0 spiro atoms. The highest BCUT2D eigenvalue weighted by molar-refractivity contribution is 7.80. The van der Waals surface area contributed by atoms with Crippen molar-refractivity contribution in [2.45, 2.75) is 56.3 Å². The van der Waals surface area contributed by atoms with Crippen LogP contribution in [0.5, 0.6) is 0 Å². The van der Waals surface area contributed by atoms with Gasteiger partial charge in [-0.2, -0.15) is 12.6 Å². The van der Waals surface area contributed by atoms with Crippen molar-refractivity contribution < 1.29 is 34.2 Å². The number of nitrogens with two attached hydrogens (primary N) is 3. The molecule has 0 saturated carbocycles. The van der Waals surface area contributed by atoms with E-state index >= 15 is 0 Å². The Morgan fingerprint density at radius 1 is 1.00 bits per heavy atom. The van der Waals surface area contributed by atoms with Gasteiger partial charge in [0.25, 0.3) is 0 Å². The van der Waals surface area contributed by atoms with Crippen LogP contribution in [0.25, 0.3) is 0 Å². The molecule has 0 aliphatic carbocycles. The number of aliphatic imine (C=N–C) groups is 1. The number of hydrogen-bond donors (Lipinski definition) is 10. The molecule has 4 unspecified atom stereocenters. The number of aromatic nitrogens is 2. The lowest BCUT2D eigenvalue weighted by molar-refractivity contribution is -0.143. The van der Waals surface area contributed by atoms with Crippen molar-refractivity contribution in [3.8, 4) is 0 Å². The molecule has 0 aliphatic rings. The summed E-state index contributed by atoms with van der Waals surface area (Å²) in [6.45, 7) is 0.268. The van der Waals surface area contributed by atoms with E-state index in [1.54, 1.807) is 0 Å². The predicted molar refractivity (Wildman–Crippen MR) is 134 cm³/mol. The molecule has 1 aromatic rings. The van der Waals surface area contributed by atoms with Crippen molar-refractivity contribution in [2.75, 3.05) is 12.3 Å². The second kappa shape index (κ2) is 16.0. The fraction of sp³-hybridized carbons (Fsp3) is 0.550. The zero-order chi connectivity index (χ0) is 28.0. The highest BCUT2D eigenvalue weighted by atomic mass is 32.1. The number of nitrogens with one attached hydrogen (secondary N) is 4. The third-order valence-corrected chi connectivity index (χ3v) is 5.36. The molecule has 0 aliphatic heterocycles. The summed E-state index contributed by atoms with van der Waals surface area (Å²) in [4.78, 5) is 70.8. The van der Waals surface area contributed by atoms with E-state index in [9.17, 15) is 29.1 Å². The molecule has 4 atom stereocenters. The molecule has 12 N–H and O–H groups in total. The van der Waals surface area contributed by atoms with Gasteiger partial charge in [-0.1, -0.05) is 0 Å². The molecule has 1 rings (SSSR count). The van der Waals surface area contributed by atoms with Crippen molar-refractivity contribution in [1.82, 2.24) is 25.9 Å². The third kappa shape index (κ3) is 12.1. The third-order valence-electron chi connectivity index (χ3n) is 4.99. The number of H-pyrrole nitrogens is 1. The summed E-state index contributed by atoms with van der Waals surface area (Å²) in [5.41, 5.74) is 16.9. The van der Waals surface area contributed by atoms with Crippen molar-refractivity contribution in [3.05, 3.63) is 18.2 Å². The van der Waals surface area contributed by atoms with Gasteiger partial charge in [0.15, 0.2) is 5.96 Å². The molecular formula is C20H33N9O7S. The van der Waals surface area contributed by atoms with Gasteiger partial charge in [0, 0.05) is 37.0 Å². The molecular weight excluding hydrogens is 510 g/mol. The van der Waals surface area contributed by atoms with E-state index in [0.29, 0.717) is 12.1 Å². The summed E-state index contributed by atoms with van der Waals surface area (Å²) in [5, 5.41) is 25.2. The smallest absolute Gasteiger partial charge is 0.326 e. The molecule has 37 heavy (non-hydrogen) atoms. The van der Waals surface area contributed by atoms with Crippen LogP contribution in [-0.4, -0.2) is 92.3 Å². The van der Waals surface area contributed by atoms with E-state index in [0.717, 1.165) is 0 Å². The van der Waals surface area contributed by atoms with Crippen LogP contribution in [0.4, 0.5) is 0 Å². The summed E-state index contributed by atoms with van der Waals surface area (Å²) in [6, 6.07) is -4.91. The van der Waals surface area contributed by atoms with Crippen LogP contribution in [0.3, 0.4) is 0 Å². The predicted octanol–water partition coefficient (Wildman–Crippen LogP) is -3.33. The maximum atomic E-state index is 13.0. The highest BCUT2D eigenvalue weighted by Crippen LogP contribution is 2.04. The van der Waals surface area contributed by atoms with Gasteiger partial charge in [-0.15, -0.1) is 0 Å². The molecule has 16 nitrogen and oxygen atoms in total. The number of carboxylic acid groups (broad SMARTS) is 2. The Balaban J connectivity index is 2.87. The fourth-order valence-electron chi connectivity index (χ4n) is 3.02. The van der Waals surface area contributed by atoms with Gasteiger partial charge in [0.05, 0.1) is 12.4 Å². The van der Waals surface area contributed by atoms with Crippen LogP contribution in [0, 0.1) is 0 Å². The minimum Gasteiger partial charge on any atom is -0.481 e. The maximum Gasteiger partial charge on any atom is 0.326 e. The lowest BCUT2D eigenvalue weighted by Gasteiger charge is -2.24. The molecule has 1 heterocycles. The number of carbonyl (C=O) groups is 5. The van der Waals surface area contributed by atoms with Gasteiger partial charge in [0.2, 0.25) is 17.7 Å². The first-order chi connectivity index (χ1) is 17.4. The van der Waals surface area contributed by atoms with Crippen molar-refractivity contribution >= 4 is 48.2 Å². The topological polar surface area (TPSA) is 281 Å². The van der Waals surface area contributed by atoms with E-state index in [1.807, 2.05) is 0 Å². The van der Waals surface area contributed by atoms with Gasteiger partial charge in [-0.3, -0.25) is 24.2 Å². The van der Waals surface area contributed by atoms with E-state index < -0.39 is 60.2 Å². The molecule has 17 heteroatoms. The first kappa shape index (κ1) is 31.2. The molecule has 1 aromatic heterocycles. The average Bonchev–Trinajstić information content (AvgIpc) is 3.34. The Hall–Kier alpha value is -3.86. The zero-order valence-corrected chi connectivity index (χ0v) is 20.8. The summed E-state index contributed by atoms with van der Waals surface area (Å²) in [6.07, 6.45) is 2.62. The quantitative estimate of drug-likeness (QED) is 0.0401. The number of carboxylic acids is 2. The van der Waals surface area contributed by atoms with Crippen molar-refractivity contribution in [1.29, 1.82) is 0 Å². The van der Waals surface area contributed by atoms with Gasteiger partial charge in [-0.25, -0.2) is 9.78 Å². The number of nitrogens with zero attached hydrogens (tertiary/aromatic N) is 2. The maximum absolute atomic E-state index is 13.0. The SMILES string of the molecule is NC(N)=NCCCC(N)C(=O)NC(Cc1cnc[nH]1)C(=O)NC(CS)C(=O)NC(CCC(=O)O)C(=O)O. The molecule has 0 fully saturated rings. The summed E-state index contributed by atoms with van der Waals surface area (Å²) in [7, 11) is 0. The van der Waals surface area contributed by atoms with Crippen LogP contribution in [0.15, 0.2) is 17.5 Å². The Kier molecular flexibility index (Phi) is 13.5. The average molecular weight is 544 g/mol. The molecule has 0 radical (unpaired) electrons. The largest absolute Gasteiger partial charge is 0.481 e. The number of guanidine groups is 1. The second-order valence-electron chi connectivity index (χ2n) is 7.97. The normalized spacial score (nSPS) is 13.9. The first-order valence-corrected chi connectivity index (χ1v) is 11.8. The summed E-state index contributed by atoms with van der Waals surface area (Å²) in [5.74, 6) is -5.24. The first-order valence-electron chi connectivity index (χ1n) is 11.2. The molecule has 206 valence electrons. The number of aromatic amines is 1. The van der Waals surface area contributed by atoms with Crippen molar-refractivity contribution in [3.63, 3.8) is 0 Å². The van der Waals surface area contributed by atoms with Gasteiger partial charge >= 0.3 is 11.9 Å². The molecule has 3 amide bonds. The molecule has 0 bridgehead atoms. The number of aliphatic carboxylic acids is 2. The summed E-state index contributed by atoms with van der Waals surface area (Å²) >= 11 is 4.04. The number of imidazole rings is 1. The number of rotatable bonds is 17. The van der Waals surface area contributed by atoms with E-state index in [-0.39, 0.29) is 37.5 Å². The monoisotopic (exact) mass is 543 g/mol. The van der Waals surface area contributed by atoms with Gasteiger partial charge in [0.1, 0.15) is 18.1 Å². The standard InChI is InChI=1S/C20H33N9O7S/c21-11(2-1-5-25-20(22)23)16(32)28-13(6-10-7-24-9-26-10)17(33)29-14(8-37)18(34)27-12(19(35)36)3-4-15(30)31/h7,9,11-14,37H,1-6,8,21H2,(H,24,26)(H,27,34)(H,28,32)(H,29,33)(H,30,31)(H,35,36)(H4,22,23,25). The van der Waals surface area contributed by atoms with E-state index in [2.05, 4.69) is 43.5 Å². The number of amides is 3. The minimum atomic E-state index is -1.49. The van der Waals surface area contributed by atoms with Crippen LogP contribution < -0.4 is 33.2 Å². The number of carbonyl (C=O) groups excluding carboxylic acids is 3. The van der Waals surface area contributed by atoms with E-state index in [1.165, 1.54) is 12.5 Å². The van der Waals surface area contributed by atoms with Crippen LogP contribution in [-0.2, 0) is 30.4 Å². The fourth-order valence-corrected chi connectivity index (χ4v) is 3.28. The summed E-state index contributed by atoms with van der Waals surface area (Å²) < 4.78 is 0. The Labute approximate surface area is 217 Å². The lowest BCUT2D eigenvalue weighted by Crippen LogP contribution is -2.58. The van der Waals surface area contributed by atoms with Crippen molar-refractivity contribution in [2.24, 2.45) is 22.2 Å². The van der Waals surface area contributed by atoms with Crippen LogP contribution >= 0.6 is 12.6 Å². The Morgan fingerprint density at radius 3 is 2.16 bits per heavy atom. The molecule has 0 saturated heterocycles. The van der Waals surface area contributed by atoms with Crippen LogP contribution in [0.1, 0.15) is 31.4 Å². The molecule has 0 aromatic carbocycles. The van der Waals surface area contributed by atoms with E-state index in [4.69, 9.17) is 22.3 Å². The lowest BCUT2D eigenvalue weighted by atomic mass is 10.1. The Morgan fingerprint density at radius 2 is 1.62 bits per heavy atom. The van der Waals surface area contributed by atoms with Gasteiger partial charge < -0.3 is 48.3 Å². The minimum absolute atomic E-state index is 0.0183. The highest BCUT2D eigenvalue weighted by Gasteiger charge is 2.30. The Bertz CT molecular complexity index is 954. The van der Waals surface area contributed by atoms with Gasteiger partial charge in [-0.05, 0) is 19.3 Å². The second-order valence-corrected chi connectivity index (χ2v) is 8.34. The zero-order valence-electron chi connectivity index (χ0n) is 19.9.